The quantitative estimate of drug-likeness (QED) is 0.810. The summed E-state index contributed by atoms with van der Waals surface area (Å²) in [6, 6.07) is 1.04. The van der Waals surface area contributed by atoms with Crippen LogP contribution >= 0.6 is 24.8 Å². The van der Waals surface area contributed by atoms with E-state index in [9.17, 15) is 4.79 Å². The van der Waals surface area contributed by atoms with Crippen molar-refractivity contribution in [3.8, 4) is 0 Å². The van der Waals surface area contributed by atoms with Crippen molar-refractivity contribution in [1.82, 2.24) is 15.5 Å². The molecule has 2 unspecified atom stereocenters. The van der Waals surface area contributed by atoms with Crippen molar-refractivity contribution in [2.45, 2.75) is 50.6 Å². The van der Waals surface area contributed by atoms with Gasteiger partial charge in [0.05, 0.1) is 5.92 Å². The average molecular weight is 324 g/mol. The zero-order valence-corrected chi connectivity index (χ0v) is 13.6. The van der Waals surface area contributed by atoms with Crippen molar-refractivity contribution in [3.63, 3.8) is 0 Å². The van der Waals surface area contributed by atoms with E-state index in [1.165, 1.54) is 32.4 Å². The van der Waals surface area contributed by atoms with Crippen molar-refractivity contribution in [1.29, 1.82) is 0 Å². The third-order valence-corrected chi connectivity index (χ3v) is 4.85. The van der Waals surface area contributed by atoms with E-state index < -0.39 is 0 Å². The second-order valence-corrected chi connectivity index (χ2v) is 6.05. The highest BCUT2D eigenvalue weighted by atomic mass is 35.5. The van der Waals surface area contributed by atoms with Crippen molar-refractivity contribution in [2.24, 2.45) is 5.92 Å². The molecule has 3 aliphatic rings. The van der Waals surface area contributed by atoms with E-state index in [4.69, 9.17) is 0 Å². The summed E-state index contributed by atoms with van der Waals surface area (Å²) < 4.78 is 0. The monoisotopic (exact) mass is 323 g/mol. The standard InChI is InChI=1S/C14H25N3O.2ClH/c18-14(11-4-3-7-15-10-11)16-12-6-9-17-8-2-1-5-13(12)17;;/h11-13,15H,1-10H2,(H,16,18);2*1H/t11-,12?,13?;;/m1../s1. The number of nitrogens with zero attached hydrogens (tertiary/aromatic N) is 1. The van der Waals surface area contributed by atoms with E-state index in [1.54, 1.807) is 0 Å². The van der Waals surface area contributed by atoms with Gasteiger partial charge in [-0.2, -0.15) is 0 Å². The van der Waals surface area contributed by atoms with Gasteiger partial charge in [0.2, 0.25) is 5.91 Å². The molecular formula is C14H27Cl2N3O. The van der Waals surface area contributed by atoms with Gasteiger partial charge < -0.3 is 10.6 Å². The van der Waals surface area contributed by atoms with Gasteiger partial charge in [0.15, 0.2) is 0 Å². The summed E-state index contributed by atoms with van der Waals surface area (Å²) in [7, 11) is 0. The van der Waals surface area contributed by atoms with E-state index in [1.807, 2.05) is 0 Å². The first-order valence-electron chi connectivity index (χ1n) is 7.60. The Bertz CT molecular complexity index is 311. The maximum atomic E-state index is 12.3. The molecule has 3 heterocycles. The van der Waals surface area contributed by atoms with Gasteiger partial charge >= 0.3 is 0 Å². The van der Waals surface area contributed by atoms with Crippen molar-refractivity contribution in [3.05, 3.63) is 0 Å². The third kappa shape index (κ3) is 4.00. The summed E-state index contributed by atoms with van der Waals surface area (Å²) in [5, 5.41) is 6.65. The molecule has 3 aliphatic heterocycles. The highest BCUT2D eigenvalue weighted by molar-refractivity contribution is 5.85. The Labute approximate surface area is 134 Å². The number of halogens is 2. The molecule has 20 heavy (non-hydrogen) atoms. The largest absolute Gasteiger partial charge is 0.351 e. The molecule has 0 aliphatic carbocycles. The van der Waals surface area contributed by atoms with Gasteiger partial charge in [-0.1, -0.05) is 6.42 Å². The molecule has 118 valence electrons. The van der Waals surface area contributed by atoms with Crippen LogP contribution in [0.1, 0.15) is 38.5 Å². The molecule has 6 heteroatoms. The van der Waals surface area contributed by atoms with Crippen LogP contribution in [0.5, 0.6) is 0 Å². The first kappa shape index (κ1) is 18.0. The lowest BCUT2D eigenvalue weighted by Gasteiger charge is -2.33. The molecular weight excluding hydrogens is 297 g/mol. The first-order valence-corrected chi connectivity index (χ1v) is 7.60. The van der Waals surface area contributed by atoms with Gasteiger partial charge in [0.1, 0.15) is 0 Å². The molecule has 3 saturated heterocycles. The predicted octanol–water partition coefficient (Wildman–Crippen LogP) is 1.57. The highest BCUT2D eigenvalue weighted by Gasteiger charge is 2.37. The van der Waals surface area contributed by atoms with Crippen LogP contribution in [-0.2, 0) is 4.79 Å². The topological polar surface area (TPSA) is 44.4 Å². The summed E-state index contributed by atoms with van der Waals surface area (Å²) in [5.41, 5.74) is 0. The Morgan fingerprint density at radius 1 is 1.05 bits per heavy atom. The van der Waals surface area contributed by atoms with E-state index in [0.717, 1.165) is 32.4 Å². The number of piperidine rings is 2. The summed E-state index contributed by atoms with van der Waals surface area (Å²) in [6.07, 6.45) is 7.28. The summed E-state index contributed by atoms with van der Waals surface area (Å²) >= 11 is 0. The Hall–Kier alpha value is -0.0300. The minimum atomic E-state index is 0. The van der Waals surface area contributed by atoms with Gasteiger partial charge in [-0.25, -0.2) is 0 Å². The number of hydrogen-bond acceptors (Lipinski definition) is 3. The molecule has 0 bridgehead atoms. The highest BCUT2D eigenvalue weighted by Crippen LogP contribution is 2.27. The predicted molar refractivity (Wildman–Crippen MR) is 85.8 cm³/mol. The lowest BCUT2D eigenvalue weighted by Crippen LogP contribution is -2.50. The van der Waals surface area contributed by atoms with Crippen LogP contribution in [0, 0.1) is 5.92 Å². The maximum absolute atomic E-state index is 12.3. The second-order valence-electron chi connectivity index (χ2n) is 6.05. The number of carbonyl (C=O) groups is 1. The summed E-state index contributed by atoms with van der Waals surface area (Å²) in [5.74, 6) is 0.496. The molecule has 0 aromatic rings. The van der Waals surface area contributed by atoms with Gasteiger partial charge in [-0.15, -0.1) is 24.8 Å². The smallest absolute Gasteiger partial charge is 0.224 e. The zero-order chi connectivity index (χ0) is 12.4. The van der Waals surface area contributed by atoms with Crippen molar-refractivity contribution >= 4 is 30.7 Å². The fourth-order valence-corrected chi connectivity index (χ4v) is 3.79. The molecule has 3 atom stereocenters. The van der Waals surface area contributed by atoms with Crippen molar-refractivity contribution in [2.75, 3.05) is 26.2 Å². The molecule has 1 amide bonds. The molecule has 0 saturated carbocycles. The van der Waals surface area contributed by atoms with E-state index in [-0.39, 0.29) is 30.7 Å². The van der Waals surface area contributed by atoms with Crippen LogP contribution < -0.4 is 10.6 Å². The van der Waals surface area contributed by atoms with Crippen LogP contribution in [-0.4, -0.2) is 49.1 Å². The number of nitrogens with one attached hydrogen (secondary N) is 2. The van der Waals surface area contributed by atoms with Crippen LogP contribution in [0.25, 0.3) is 0 Å². The Kier molecular flexibility index (Phi) is 7.59. The van der Waals surface area contributed by atoms with E-state index in [0.29, 0.717) is 18.0 Å². The average Bonchev–Trinajstić information content (AvgIpc) is 2.83. The molecule has 2 N–H and O–H groups in total. The minimum absolute atomic E-state index is 0. The molecule has 0 aromatic heterocycles. The molecule has 4 nitrogen and oxygen atoms in total. The molecule has 0 spiro atoms. The summed E-state index contributed by atoms with van der Waals surface area (Å²) in [6.45, 7) is 4.36. The summed E-state index contributed by atoms with van der Waals surface area (Å²) in [4.78, 5) is 14.8. The maximum Gasteiger partial charge on any atom is 0.224 e. The molecule has 0 aromatic carbocycles. The number of fused-ring (bicyclic) bond motifs is 1. The lowest BCUT2D eigenvalue weighted by molar-refractivity contribution is -0.126. The third-order valence-electron chi connectivity index (χ3n) is 4.85. The van der Waals surface area contributed by atoms with Crippen LogP contribution in [0.15, 0.2) is 0 Å². The van der Waals surface area contributed by atoms with E-state index in [2.05, 4.69) is 15.5 Å². The molecule has 0 radical (unpaired) electrons. The molecule has 3 rings (SSSR count). The van der Waals surface area contributed by atoms with Gasteiger partial charge in [-0.3, -0.25) is 9.69 Å². The second kappa shape index (κ2) is 8.42. The Balaban J connectivity index is 0.000001000. The normalized spacial score (nSPS) is 33.5. The number of hydrogen-bond donors (Lipinski definition) is 2. The van der Waals surface area contributed by atoms with Crippen molar-refractivity contribution < 1.29 is 4.79 Å². The number of rotatable bonds is 2. The van der Waals surface area contributed by atoms with Gasteiger partial charge in [-0.05, 0) is 45.2 Å². The van der Waals surface area contributed by atoms with Gasteiger partial charge in [0, 0.05) is 25.2 Å². The van der Waals surface area contributed by atoms with Crippen LogP contribution in [0.4, 0.5) is 0 Å². The van der Waals surface area contributed by atoms with Crippen LogP contribution in [0.3, 0.4) is 0 Å². The lowest BCUT2D eigenvalue weighted by atomic mass is 9.96. The fourth-order valence-electron chi connectivity index (χ4n) is 3.79. The fraction of sp³-hybridized carbons (Fsp3) is 0.929. The zero-order valence-electron chi connectivity index (χ0n) is 12.0. The van der Waals surface area contributed by atoms with Crippen LogP contribution in [0.2, 0.25) is 0 Å². The Morgan fingerprint density at radius 2 is 1.90 bits per heavy atom. The van der Waals surface area contributed by atoms with Gasteiger partial charge in [0.25, 0.3) is 0 Å². The molecule has 3 fully saturated rings. The Morgan fingerprint density at radius 3 is 2.65 bits per heavy atom. The number of carbonyl (C=O) groups excluding carboxylic acids is 1. The number of amides is 1. The SMILES string of the molecule is Cl.Cl.O=C(NC1CCN2CCCCC12)[C@@H]1CCCNC1. The minimum Gasteiger partial charge on any atom is -0.351 e. The van der Waals surface area contributed by atoms with E-state index >= 15 is 0 Å². The first-order chi connectivity index (χ1) is 8.84.